The SMILES string of the molecule is COc1ccc(C(=O)COC(=O)c2ccccc2OC)cc1Cl. The van der Waals surface area contributed by atoms with Crippen LogP contribution in [0.5, 0.6) is 11.5 Å². The normalized spacial score (nSPS) is 10.0. The second-order valence-corrected chi connectivity index (χ2v) is 4.96. The first-order valence-corrected chi connectivity index (χ1v) is 7.11. The summed E-state index contributed by atoms with van der Waals surface area (Å²) in [5.74, 6) is -0.139. The van der Waals surface area contributed by atoms with Crippen molar-refractivity contribution in [3.05, 3.63) is 58.6 Å². The van der Waals surface area contributed by atoms with Crippen LogP contribution in [0.4, 0.5) is 0 Å². The number of hydrogen-bond donors (Lipinski definition) is 0. The van der Waals surface area contributed by atoms with E-state index < -0.39 is 5.97 Å². The molecule has 2 aromatic rings. The Morgan fingerprint density at radius 3 is 2.35 bits per heavy atom. The number of ether oxygens (including phenoxy) is 3. The smallest absolute Gasteiger partial charge is 0.342 e. The van der Waals surface area contributed by atoms with Crippen molar-refractivity contribution >= 4 is 23.4 Å². The summed E-state index contributed by atoms with van der Waals surface area (Å²) in [7, 11) is 2.94. The molecule has 0 aliphatic rings. The molecule has 0 aliphatic carbocycles. The van der Waals surface area contributed by atoms with Crippen LogP contribution < -0.4 is 9.47 Å². The number of benzene rings is 2. The minimum absolute atomic E-state index is 0.260. The van der Waals surface area contributed by atoms with Crippen molar-refractivity contribution in [2.75, 3.05) is 20.8 Å². The third kappa shape index (κ3) is 4.02. The molecule has 0 radical (unpaired) electrons. The number of carbonyl (C=O) groups excluding carboxylic acids is 2. The zero-order valence-electron chi connectivity index (χ0n) is 12.7. The van der Waals surface area contributed by atoms with Gasteiger partial charge in [0.1, 0.15) is 17.1 Å². The third-order valence-electron chi connectivity index (χ3n) is 3.14. The first-order chi connectivity index (χ1) is 11.1. The highest BCUT2D eigenvalue weighted by molar-refractivity contribution is 6.32. The summed E-state index contributed by atoms with van der Waals surface area (Å²) < 4.78 is 15.1. The van der Waals surface area contributed by atoms with Gasteiger partial charge in [0, 0.05) is 5.56 Å². The summed E-state index contributed by atoms with van der Waals surface area (Å²) in [4.78, 5) is 24.1. The topological polar surface area (TPSA) is 61.8 Å². The van der Waals surface area contributed by atoms with Gasteiger partial charge in [-0.2, -0.15) is 0 Å². The molecule has 0 heterocycles. The maximum absolute atomic E-state index is 12.1. The Kier molecular flexibility index (Phi) is 5.60. The van der Waals surface area contributed by atoms with E-state index in [2.05, 4.69) is 0 Å². The van der Waals surface area contributed by atoms with Gasteiger partial charge in [0.15, 0.2) is 12.4 Å². The zero-order valence-corrected chi connectivity index (χ0v) is 13.4. The maximum atomic E-state index is 12.1. The number of ketones is 1. The molecular formula is C17H15ClO5. The van der Waals surface area contributed by atoms with Gasteiger partial charge < -0.3 is 14.2 Å². The molecule has 23 heavy (non-hydrogen) atoms. The van der Waals surface area contributed by atoms with E-state index in [1.54, 1.807) is 36.4 Å². The van der Waals surface area contributed by atoms with Gasteiger partial charge in [0.05, 0.1) is 19.2 Å². The molecule has 0 amide bonds. The molecule has 0 atom stereocenters. The zero-order chi connectivity index (χ0) is 16.8. The molecule has 0 aliphatic heterocycles. The van der Waals surface area contributed by atoms with Gasteiger partial charge in [-0.15, -0.1) is 0 Å². The van der Waals surface area contributed by atoms with Gasteiger partial charge in [0.2, 0.25) is 0 Å². The van der Waals surface area contributed by atoms with E-state index in [0.717, 1.165) is 0 Å². The van der Waals surface area contributed by atoms with Crippen molar-refractivity contribution < 1.29 is 23.8 Å². The number of Topliss-reactive ketones (excluding diaryl/α,β-unsaturated/α-hetero) is 1. The molecule has 0 fully saturated rings. The van der Waals surface area contributed by atoms with Crippen LogP contribution in [0.1, 0.15) is 20.7 Å². The van der Waals surface area contributed by atoms with E-state index >= 15 is 0 Å². The number of rotatable bonds is 6. The fourth-order valence-corrected chi connectivity index (χ4v) is 2.20. The maximum Gasteiger partial charge on any atom is 0.342 e. The fourth-order valence-electron chi connectivity index (χ4n) is 1.95. The molecular weight excluding hydrogens is 320 g/mol. The van der Waals surface area contributed by atoms with Crippen LogP contribution in [0.2, 0.25) is 5.02 Å². The van der Waals surface area contributed by atoms with Gasteiger partial charge in [-0.25, -0.2) is 4.79 Å². The van der Waals surface area contributed by atoms with Gasteiger partial charge in [-0.1, -0.05) is 23.7 Å². The lowest BCUT2D eigenvalue weighted by Gasteiger charge is -2.09. The first kappa shape index (κ1) is 16.8. The van der Waals surface area contributed by atoms with Crippen LogP contribution in [0.3, 0.4) is 0 Å². The van der Waals surface area contributed by atoms with Crippen molar-refractivity contribution in [2.45, 2.75) is 0 Å². The predicted molar refractivity (Wildman–Crippen MR) is 85.6 cm³/mol. The summed E-state index contributed by atoms with van der Waals surface area (Å²) in [6, 6.07) is 11.2. The highest BCUT2D eigenvalue weighted by atomic mass is 35.5. The van der Waals surface area contributed by atoms with Crippen LogP contribution in [-0.2, 0) is 4.74 Å². The highest BCUT2D eigenvalue weighted by Crippen LogP contribution is 2.25. The van der Waals surface area contributed by atoms with Crippen LogP contribution >= 0.6 is 11.6 Å². The Morgan fingerprint density at radius 2 is 1.70 bits per heavy atom. The van der Waals surface area contributed by atoms with E-state index in [1.165, 1.54) is 20.3 Å². The summed E-state index contributed by atoms with van der Waals surface area (Å²) in [5, 5.41) is 0.314. The summed E-state index contributed by atoms with van der Waals surface area (Å²) in [6.07, 6.45) is 0. The van der Waals surface area contributed by atoms with E-state index in [4.69, 9.17) is 25.8 Å². The van der Waals surface area contributed by atoms with E-state index in [-0.39, 0.29) is 18.0 Å². The predicted octanol–water partition coefficient (Wildman–Crippen LogP) is 3.40. The molecule has 0 N–H and O–H groups in total. The van der Waals surface area contributed by atoms with Crippen molar-refractivity contribution in [2.24, 2.45) is 0 Å². The molecule has 0 saturated carbocycles. The number of esters is 1. The van der Waals surface area contributed by atoms with E-state index in [1.807, 2.05) is 0 Å². The minimum atomic E-state index is -0.629. The van der Waals surface area contributed by atoms with Crippen molar-refractivity contribution in [3.63, 3.8) is 0 Å². The van der Waals surface area contributed by atoms with Crippen molar-refractivity contribution in [3.8, 4) is 11.5 Å². The molecule has 5 nitrogen and oxygen atoms in total. The van der Waals surface area contributed by atoms with Gasteiger partial charge in [-0.05, 0) is 30.3 Å². The van der Waals surface area contributed by atoms with Crippen molar-refractivity contribution in [1.82, 2.24) is 0 Å². The number of halogens is 1. The van der Waals surface area contributed by atoms with Crippen LogP contribution in [0.15, 0.2) is 42.5 Å². The van der Waals surface area contributed by atoms with Crippen LogP contribution in [0.25, 0.3) is 0 Å². The minimum Gasteiger partial charge on any atom is -0.496 e. The highest BCUT2D eigenvalue weighted by Gasteiger charge is 2.16. The molecule has 2 rings (SSSR count). The number of carbonyl (C=O) groups is 2. The lowest BCUT2D eigenvalue weighted by atomic mass is 10.1. The molecule has 0 saturated heterocycles. The number of hydrogen-bond acceptors (Lipinski definition) is 5. The molecule has 0 bridgehead atoms. The molecule has 0 unspecified atom stereocenters. The monoisotopic (exact) mass is 334 g/mol. The fraction of sp³-hybridized carbons (Fsp3) is 0.176. The average Bonchev–Trinajstić information content (AvgIpc) is 2.59. The number of methoxy groups -OCH3 is 2. The number of para-hydroxylation sites is 1. The van der Waals surface area contributed by atoms with E-state index in [9.17, 15) is 9.59 Å². The summed E-state index contributed by atoms with van der Waals surface area (Å²) in [5.41, 5.74) is 0.596. The lowest BCUT2D eigenvalue weighted by Crippen LogP contribution is -2.15. The van der Waals surface area contributed by atoms with Crippen LogP contribution in [0, 0.1) is 0 Å². The van der Waals surface area contributed by atoms with E-state index in [0.29, 0.717) is 22.1 Å². The molecule has 0 aromatic heterocycles. The average molecular weight is 335 g/mol. The Labute approximate surface area is 138 Å². The summed E-state index contributed by atoms with van der Waals surface area (Å²) in [6.45, 7) is -0.389. The Balaban J connectivity index is 2.04. The second kappa shape index (κ2) is 7.65. The molecule has 2 aromatic carbocycles. The van der Waals surface area contributed by atoms with Gasteiger partial charge in [-0.3, -0.25) is 4.79 Å². The quantitative estimate of drug-likeness (QED) is 0.598. The second-order valence-electron chi connectivity index (χ2n) is 4.55. The standard InChI is InChI=1S/C17H15ClO5/c1-21-15-6-4-3-5-12(15)17(20)23-10-14(19)11-7-8-16(22-2)13(18)9-11/h3-9H,10H2,1-2H3. The van der Waals surface area contributed by atoms with Gasteiger partial charge in [0.25, 0.3) is 0 Å². The molecule has 0 spiro atoms. The Bertz CT molecular complexity index is 727. The Morgan fingerprint density at radius 1 is 1.00 bits per heavy atom. The third-order valence-corrected chi connectivity index (χ3v) is 3.43. The lowest BCUT2D eigenvalue weighted by molar-refractivity contribution is 0.0471. The van der Waals surface area contributed by atoms with Gasteiger partial charge >= 0.3 is 5.97 Å². The molecule has 120 valence electrons. The van der Waals surface area contributed by atoms with Crippen LogP contribution in [-0.4, -0.2) is 32.6 Å². The first-order valence-electron chi connectivity index (χ1n) is 6.73. The molecule has 6 heteroatoms. The Hall–Kier alpha value is -2.53. The largest absolute Gasteiger partial charge is 0.496 e. The summed E-state index contributed by atoms with van der Waals surface area (Å²) >= 11 is 5.97. The van der Waals surface area contributed by atoms with Crippen molar-refractivity contribution in [1.29, 1.82) is 0 Å².